The minimum atomic E-state index is -0.378. The smallest absolute Gasteiger partial charge is 0.336 e. The van der Waals surface area contributed by atoms with Gasteiger partial charge in [0, 0.05) is 24.5 Å². The van der Waals surface area contributed by atoms with Crippen LogP contribution in [0, 0.1) is 0 Å². The predicted molar refractivity (Wildman–Crippen MR) is 107 cm³/mol. The van der Waals surface area contributed by atoms with E-state index in [9.17, 15) is 9.59 Å². The van der Waals surface area contributed by atoms with Crippen molar-refractivity contribution in [1.82, 2.24) is 4.90 Å². The summed E-state index contributed by atoms with van der Waals surface area (Å²) >= 11 is 0. The number of methoxy groups -OCH3 is 1. The molecule has 5 nitrogen and oxygen atoms in total. The molecule has 0 unspecified atom stereocenters. The minimum absolute atomic E-state index is 0.255. The van der Waals surface area contributed by atoms with E-state index in [1.165, 1.54) is 24.3 Å². The van der Waals surface area contributed by atoms with Crippen LogP contribution in [-0.4, -0.2) is 24.0 Å². The number of ether oxygens (including phenoxy) is 1. The normalized spacial score (nSPS) is 16.7. The van der Waals surface area contributed by atoms with E-state index in [0.29, 0.717) is 25.1 Å². The van der Waals surface area contributed by atoms with Crippen molar-refractivity contribution in [2.45, 2.75) is 38.9 Å². The summed E-state index contributed by atoms with van der Waals surface area (Å²) in [5.41, 5.74) is 4.56. The highest BCUT2D eigenvalue weighted by atomic mass is 16.5. The van der Waals surface area contributed by atoms with Gasteiger partial charge in [-0.2, -0.15) is 0 Å². The van der Waals surface area contributed by atoms with Crippen molar-refractivity contribution in [2.75, 3.05) is 7.11 Å². The minimum Gasteiger partial charge on any atom is -0.468 e. The van der Waals surface area contributed by atoms with E-state index in [2.05, 4.69) is 30.0 Å². The van der Waals surface area contributed by atoms with Crippen LogP contribution in [0.15, 0.2) is 57.7 Å². The van der Waals surface area contributed by atoms with Crippen molar-refractivity contribution < 1.29 is 13.9 Å². The Labute approximate surface area is 163 Å². The Balaban J connectivity index is 1.74. The Bertz CT molecular complexity index is 1090. The summed E-state index contributed by atoms with van der Waals surface area (Å²) < 4.78 is 10.5. The van der Waals surface area contributed by atoms with Crippen LogP contribution in [0.3, 0.4) is 0 Å². The van der Waals surface area contributed by atoms with Crippen LogP contribution in [0.2, 0.25) is 0 Å². The molecule has 28 heavy (non-hydrogen) atoms. The van der Waals surface area contributed by atoms with Gasteiger partial charge < -0.3 is 9.15 Å². The standard InChI is InChI=1S/C23H23NO4/c1-3-15-8-9-19-18(12-22(25)28-21(19)10-15)14-24-13-17-7-5-4-6-16(17)11-20(24)23(26)27-2/h4-10,12,20H,3,11,13-14H2,1-2H3/t20-/m1/s1. The Morgan fingerprint density at radius 1 is 1.18 bits per heavy atom. The maximum Gasteiger partial charge on any atom is 0.336 e. The zero-order valence-electron chi connectivity index (χ0n) is 16.1. The Morgan fingerprint density at radius 3 is 2.71 bits per heavy atom. The van der Waals surface area contributed by atoms with E-state index in [1.54, 1.807) is 0 Å². The summed E-state index contributed by atoms with van der Waals surface area (Å²) in [5, 5.41) is 0.902. The molecule has 1 aliphatic rings. The molecule has 1 aliphatic heterocycles. The summed E-state index contributed by atoms with van der Waals surface area (Å²) in [6.45, 7) is 3.17. The van der Waals surface area contributed by atoms with Gasteiger partial charge in [-0.1, -0.05) is 43.3 Å². The number of esters is 1. The second-order valence-electron chi connectivity index (χ2n) is 7.19. The van der Waals surface area contributed by atoms with Crippen LogP contribution in [0.4, 0.5) is 0 Å². The van der Waals surface area contributed by atoms with E-state index in [4.69, 9.17) is 9.15 Å². The molecule has 144 valence electrons. The lowest BCUT2D eigenvalue weighted by Crippen LogP contribution is -2.45. The molecule has 3 aromatic rings. The van der Waals surface area contributed by atoms with Gasteiger partial charge >= 0.3 is 11.6 Å². The quantitative estimate of drug-likeness (QED) is 0.515. The van der Waals surface area contributed by atoms with Crippen LogP contribution < -0.4 is 5.63 Å². The van der Waals surface area contributed by atoms with E-state index in [0.717, 1.165) is 22.9 Å². The summed E-state index contributed by atoms with van der Waals surface area (Å²) in [6.07, 6.45) is 1.47. The van der Waals surface area contributed by atoms with Gasteiger partial charge in [0.05, 0.1) is 7.11 Å². The molecule has 0 amide bonds. The fraction of sp³-hybridized carbons (Fsp3) is 0.304. The Hall–Kier alpha value is -2.92. The highest BCUT2D eigenvalue weighted by molar-refractivity contribution is 5.81. The maximum atomic E-state index is 12.4. The van der Waals surface area contributed by atoms with Crippen LogP contribution in [0.5, 0.6) is 0 Å². The number of hydrogen-bond donors (Lipinski definition) is 0. The molecule has 0 fully saturated rings. The van der Waals surface area contributed by atoms with Gasteiger partial charge in [0.2, 0.25) is 0 Å². The van der Waals surface area contributed by atoms with Gasteiger partial charge in [-0.05, 0) is 41.2 Å². The second kappa shape index (κ2) is 7.60. The third-order valence-electron chi connectivity index (χ3n) is 5.50. The lowest BCUT2D eigenvalue weighted by Gasteiger charge is -2.35. The molecule has 1 atom stereocenters. The van der Waals surface area contributed by atoms with Crippen LogP contribution in [-0.2, 0) is 35.5 Å². The summed E-state index contributed by atoms with van der Waals surface area (Å²) in [5.74, 6) is -0.255. The van der Waals surface area contributed by atoms with Crippen molar-refractivity contribution in [3.8, 4) is 0 Å². The van der Waals surface area contributed by atoms with Gasteiger partial charge in [0.15, 0.2) is 0 Å². The topological polar surface area (TPSA) is 59.8 Å². The number of nitrogens with zero attached hydrogens (tertiary/aromatic N) is 1. The molecule has 4 rings (SSSR count). The molecule has 1 aromatic heterocycles. The highest BCUT2D eigenvalue weighted by Gasteiger charge is 2.32. The third kappa shape index (κ3) is 3.45. The second-order valence-corrected chi connectivity index (χ2v) is 7.19. The average molecular weight is 377 g/mol. The fourth-order valence-corrected chi connectivity index (χ4v) is 3.96. The average Bonchev–Trinajstić information content (AvgIpc) is 2.72. The lowest BCUT2D eigenvalue weighted by molar-refractivity contribution is -0.147. The zero-order valence-corrected chi connectivity index (χ0v) is 16.1. The maximum absolute atomic E-state index is 12.4. The van der Waals surface area contributed by atoms with E-state index in [1.807, 2.05) is 24.3 Å². The van der Waals surface area contributed by atoms with Gasteiger partial charge in [0.25, 0.3) is 0 Å². The van der Waals surface area contributed by atoms with Crippen LogP contribution in [0.1, 0.15) is 29.2 Å². The molecular weight excluding hydrogens is 354 g/mol. The summed E-state index contributed by atoms with van der Waals surface area (Å²) in [4.78, 5) is 26.7. The first-order valence-corrected chi connectivity index (χ1v) is 9.53. The molecule has 0 saturated carbocycles. The van der Waals surface area contributed by atoms with Gasteiger partial charge in [-0.25, -0.2) is 4.79 Å². The van der Waals surface area contributed by atoms with Crippen LogP contribution >= 0.6 is 0 Å². The number of hydrogen-bond acceptors (Lipinski definition) is 5. The van der Waals surface area contributed by atoms with Crippen molar-refractivity contribution >= 4 is 16.9 Å². The SMILES string of the molecule is CCc1ccc2c(CN3Cc4ccccc4C[C@@H]3C(=O)OC)cc(=O)oc2c1. The Morgan fingerprint density at radius 2 is 1.96 bits per heavy atom. The first-order valence-electron chi connectivity index (χ1n) is 9.53. The lowest BCUT2D eigenvalue weighted by atomic mass is 9.93. The van der Waals surface area contributed by atoms with Crippen molar-refractivity contribution in [3.05, 3.63) is 81.2 Å². The largest absolute Gasteiger partial charge is 0.468 e. The molecule has 5 heteroatoms. The molecule has 0 bridgehead atoms. The Kier molecular flexibility index (Phi) is 5.01. The van der Waals surface area contributed by atoms with Crippen molar-refractivity contribution in [2.24, 2.45) is 0 Å². The highest BCUT2D eigenvalue weighted by Crippen LogP contribution is 2.28. The van der Waals surface area contributed by atoms with Gasteiger partial charge in [0.1, 0.15) is 11.6 Å². The first kappa shape index (κ1) is 18.4. The molecule has 0 N–H and O–H groups in total. The number of rotatable bonds is 4. The molecule has 0 saturated heterocycles. The number of carbonyl (C=O) groups excluding carboxylic acids is 1. The number of aryl methyl sites for hydroxylation is 1. The van der Waals surface area contributed by atoms with E-state index < -0.39 is 0 Å². The first-order chi connectivity index (χ1) is 13.6. The summed E-state index contributed by atoms with van der Waals surface area (Å²) in [6, 6.07) is 15.3. The van der Waals surface area contributed by atoms with Crippen molar-refractivity contribution in [1.29, 1.82) is 0 Å². The predicted octanol–water partition coefficient (Wildman–Crippen LogP) is 3.46. The van der Waals surface area contributed by atoms with Crippen molar-refractivity contribution in [3.63, 3.8) is 0 Å². The number of benzene rings is 2. The molecule has 0 aliphatic carbocycles. The molecule has 0 spiro atoms. The molecule has 0 radical (unpaired) electrons. The fourth-order valence-electron chi connectivity index (χ4n) is 3.96. The van der Waals surface area contributed by atoms with E-state index in [-0.39, 0.29) is 17.6 Å². The van der Waals surface area contributed by atoms with E-state index >= 15 is 0 Å². The van der Waals surface area contributed by atoms with Crippen LogP contribution in [0.25, 0.3) is 11.0 Å². The molecule has 2 aromatic carbocycles. The number of carbonyl (C=O) groups is 1. The monoisotopic (exact) mass is 377 g/mol. The molecule has 2 heterocycles. The molecular formula is C23H23NO4. The summed E-state index contributed by atoms with van der Waals surface area (Å²) in [7, 11) is 1.42. The van der Waals surface area contributed by atoms with Gasteiger partial charge in [-0.15, -0.1) is 0 Å². The number of fused-ring (bicyclic) bond motifs is 2. The van der Waals surface area contributed by atoms with Gasteiger partial charge in [-0.3, -0.25) is 9.69 Å². The zero-order chi connectivity index (χ0) is 19.7. The third-order valence-corrected chi connectivity index (χ3v) is 5.50.